The van der Waals surface area contributed by atoms with Gasteiger partial charge in [0, 0.05) is 36.0 Å². The molecular formula is C22H30O9. The van der Waals surface area contributed by atoms with E-state index in [0.717, 1.165) is 0 Å². The van der Waals surface area contributed by atoms with Crippen LogP contribution in [0.5, 0.6) is 0 Å². The van der Waals surface area contributed by atoms with Crippen LogP contribution in [0.2, 0.25) is 0 Å². The minimum absolute atomic E-state index is 0.180. The Morgan fingerprint density at radius 1 is 1.26 bits per heavy atom. The number of carbonyl (C=O) groups is 2. The zero-order valence-electron chi connectivity index (χ0n) is 18.2. The number of carbonyl (C=O) groups excluding carboxylic acids is 2. The molecule has 9 heteroatoms. The van der Waals surface area contributed by atoms with E-state index in [1.54, 1.807) is 6.92 Å². The SMILES string of the molecule is CC(=O)O[C@@]12[C@H](O)[C@@H](C)[C@@]3(O)C(C4O[C@]4(CO)[C@@H](O)[C@]4(O)C(=O)C(C)=C[C@H]43)[C@@H]1C2(C)C. The molecule has 0 spiro atoms. The quantitative estimate of drug-likeness (QED) is 0.261. The Balaban J connectivity index is 1.76. The van der Waals surface area contributed by atoms with E-state index < -0.39 is 88.2 Å². The second kappa shape index (κ2) is 5.58. The van der Waals surface area contributed by atoms with Gasteiger partial charge in [0.2, 0.25) is 0 Å². The molecule has 0 aromatic carbocycles. The highest BCUT2D eigenvalue weighted by atomic mass is 16.6. The summed E-state index contributed by atoms with van der Waals surface area (Å²) in [7, 11) is 0. The highest BCUT2D eigenvalue weighted by Gasteiger charge is 2.92. The summed E-state index contributed by atoms with van der Waals surface area (Å²) in [6, 6.07) is 0. The number of esters is 1. The number of aliphatic hydroxyl groups excluding tert-OH is 3. The van der Waals surface area contributed by atoms with Crippen molar-refractivity contribution in [3.8, 4) is 0 Å². The molecule has 5 aliphatic rings. The largest absolute Gasteiger partial charge is 0.456 e. The van der Waals surface area contributed by atoms with E-state index in [2.05, 4.69) is 0 Å². The lowest BCUT2D eigenvalue weighted by Gasteiger charge is -2.53. The third kappa shape index (κ3) is 1.93. The molecule has 11 atom stereocenters. The molecule has 9 nitrogen and oxygen atoms in total. The molecule has 172 valence electrons. The van der Waals surface area contributed by atoms with Crippen LogP contribution in [-0.2, 0) is 19.1 Å². The molecular weight excluding hydrogens is 408 g/mol. The van der Waals surface area contributed by atoms with Gasteiger partial charge in [-0.2, -0.15) is 0 Å². The fourth-order valence-corrected chi connectivity index (χ4v) is 7.75. The first kappa shape index (κ1) is 21.5. The van der Waals surface area contributed by atoms with E-state index in [9.17, 15) is 35.1 Å². The van der Waals surface area contributed by atoms with Crippen LogP contribution >= 0.6 is 0 Å². The Morgan fingerprint density at radius 3 is 2.42 bits per heavy atom. The summed E-state index contributed by atoms with van der Waals surface area (Å²) in [6.45, 7) is 7.30. The highest BCUT2D eigenvalue weighted by Crippen LogP contribution is 2.79. The number of hydrogen-bond acceptors (Lipinski definition) is 9. The van der Waals surface area contributed by atoms with Gasteiger partial charge in [0.1, 0.15) is 17.3 Å². The summed E-state index contributed by atoms with van der Waals surface area (Å²) in [5.41, 5.74) is -7.80. The smallest absolute Gasteiger partial charge is 0.303 e. The average molecular weight is 438 g/mol. The maximum absolute atomic E-state index is 13.0. The molecule has 1 aliphatic heterocycles. The predicted octanol–water partition coefficient (Wildman–Crippen LogP) is -1.32. The Hall–Kier alpha value is -1.36. The van der Waals surface area contributed by atoms with Crippen molar-refractivity contribution in [1.29, 1.82) is 0 Å². The molecule has 3 saturated carbocycles. The molecule has 0 radical (unpaired) electrons. The number of ether oxygens (including phenoxy) is 2. The van der Waals surface area contributed by atoms with Crippen molar-refractivity contribution in [1.82, 2.24) is 0 Å². The summed E-state index contributed by atoms with van der Waals surface area (Å²) in [5.74, 6) is -4.91. The van der Waals surface area contributed by atoms with Crippen molar-refractivity contribution in [3.63, 3.8) is 0 Å². The van der Waals surface area contributed by atoms with Crippen molar-refractivity contribution in [2.45, 2.75) is 75.3 Å². The number of hydrogen-bond donors (Lipinski definition) is 5. The fraction of sp³-hybridized carbons (Fsp3) is 0.818. The summed E-state index contributed by atoms with van der Waals surface area (Å²) in [4.78, 5) is 25.0. The van der Waals surface area contributed by atoms with Crippen LogP contribution < -0.4 is 0 Å². The van der Waals surface area contributed by atoms with Crippen LogP contribution in [0.4, 0.5) is 0 Å². The summed E-state index contributed by atoms with van der Waals surface area (Å²) in [5, 5.41) is 56.5. The summed E-state index contributed by atoms with van der Waals surface area (Å²) >= 11 is 0. The third-order valence-corrected chi connectivity index (χ3v) is 9.35. The molecule has 4 aliphatic carbocycles. The van der Waals surface area contributed by atoms with Crippen molar-refractivity contribution in [3.05, 3.63) is 11.6 Å². The van der Waals surface area contributed by atoms with Gasteiger partial charge < -0.3 is 35.0 Å². The van der Waals surface area contributed by atoms with E-state index >= 15 is 0 Å². The summed E-state index contributed by atoms with van der Waals surface area (Å²) < 4.78 is 11.5. The van der Waals surface area contributed by atoms with Gasteiger partial charge in [-0.1, -0.05) is 26.8 Å². The standard InChI is InChI=1S/C22H30O9/c1-8-6-11-20(28)9(2)15(26)22(30-10(3)24)13(18(22,4)5)12(20)16-19(7-23,31-16)17(27)21(11,29)14(8)25/h6,9,11-13,15-17,23,26-29H,7H2,1-5H3/t9-,11+,12?,13-,15-,16?,17-,19+,20+,21-,22-/m1/s1. The van der Waals surface area contributed by atoms with Crippen molar-refractivity contribution >= 4 is 11.8 Å². The van der Waals surface area contributed by atoms with Gasteiger partial charge in [0.25, 0.3) is 0 Å². The van der Waals surface area contributed by atoms with Crippen LogP contribution in [0.3, 0.4) is 0 Å². The molecule has 5 N–H and O–H groups in total. The first-order valence-electron chi connectivity index (χ1n) is 10.7. The molecule has 0 bridgehead atoms. The first-order valence-corrected chi connectivity index (χ1v) is 10.7. The van der Waals surface area contributed by atoms with E-state index in [-0.39, 0.29) is 5.57 Å². The van der Waals surface area contributed by atoms with E-state index in [4.69, 9.17) is 9.47 Å². The van der Waals surface area contributed by atoms with Gasteiger partial charge in [0.05, 0.1) is 24.4 Å². The maximum Gasteiger partial charge on any atom is 0.303 e. The number of epoxide rings is 1. The maximum atomic E-state index is 13.0. The molecule has 2 unspecified atom stereocenters. The molecule has 0 aromatic rings. The number of Topliss-reactive ketones (excluding diaryl/α,β-unsaturated/α-hetero) is 1. The number of rotatable bonds is 2. The minimum atomic E-state index is -2.42. The van der Waals surface area contributed by atoms with Crippen LogP contribution in [0, 0.1) is 29.1 Å². The molecule has 1 heterocycles. The van der Waals surface area contributed by atoms with E-state index in [1.807, 2.05) is 13.8 Å². The Labute approximate surface area is 179 Å². The van der Waals surface area contributed by atoms with Gasteiger partial charge >= 0.3 is 5.97 Å². The van der Waals surface area contributed by atoms with Crippen molar-refractivity contribution in [2.75, 3.05) is 6.61 Å². The molecule has 1 saturated heterocycles. The van der Waals surface area contributed by atoms with Crippen LogP contribution in [0.25, 0.3) is 0 Å². The first-order chi connectivity index (χ1) is 14.2. The van der Waals surface area contributed by atoms with Gasteiger partial charge in [-0.3, -0.25) is 9.59 Å². The lowest BCUT2D eigenvalue weighted by Crippen LogP contribution is -2.68. The zero-order chi connectivity index (χ0) is 23.1. The second-order valence-electron chi connectivity index (χ2n) is 10.8. The monoisotopic (exact) mass is 438 g/mol. The minimum Gasteiger partial charge on any atom is -0.456 e. The molecule has 31 heavy (non-hydrogen) atoms. The van der Waals surface area contributed by atoms with E-state index in [0.29, 0.717) is 0 Å². The van der Waals surface area contributed by atoms with Crippen LogP contribution in [-0.4, -0.2) is 84.6 Å². The Morgan fingerprint density at radius 2 is 1.87 bits per heavy atom. The van der Waals surface area contributed by atoms with Crippen molar-refractivity contribution in [2.24, 2.45) is 29.1 Å². The van der Waals surface area contributed by atoms with Crippen molar-refractivity contribution < 1.29 is 44.6 Å². The molecule has 5 rings (SSSR count). The van der Waals surface area contributed by atoms with Crippen LogP contribution in [0.15, 0.2) is 11.6 Å². The highest BCUT2D eigenvalue weighted by molar-refractivity contribution is 6.05. The lowest BCUT2D eigenvalue weighted by atomic mass is 9.58. The number of fused-ring (bicyclic) bond motifs is 7. The number of aliphatic hydroxyl groups is 5. The fourth-order valence-electron chi connectivity index (χ4n) is 7.75. The zero-order valence-corrected chi connectivity index (χ0v) is 18.2. The average Bonchev–Trinajstić information content (AvgIpc) is 3.52. The third-order valence-electron chi connectivity index (χ3n) is 9.35. The van der Waals surface area contributed by atoms with Gasteiger partial charge in [-0.05, 0) is 12.5 Å². The molecule has 0 aromatic heterocycles. The second-order valence-corrected chi connectivity index (χ2v) is 10.8. The Kier molecular flexibility index (Phi) is 3.86. The predicted molar refractivity (Wildman–Crippen MR) is 103 cm³/mol. The normalized spacial score (nSPS) is 58.2. The van der Waals surface area contributed by atoms with Gasteiger partial charge in [0.15, 0.2) is 11.4 Å². The van der Waals surface area contributed by atoms with Gasteiger partial charge in [-0.25, -0.2) is 0 Å². The lowest BCUT2D eigenvalue weighted by molar-refractivity contribution is -0.239. The van der Waals surface area contributed by atoms with Gasteiger partial charge in [-0.15, -0.1) is 0 Å². The topological polar surface area (TPSA) is 157 Å². The summed E-state index contributed by atoms with van der Waals surface area (Å²) in [6.07, 6.45) is -2.52. The van der Waals surface area contributed by atoms with E-state index in [1.165, 1.54) is 19.9 Å². The van der Waals surface area contributed by atoms with Crippen LogP contribution in [0.1, 0.15) is 34.6 Å². The molecule has 0 amide bonds. The number of ketones is 1. The Bertz CT molecular complexity index is 928. The molecule has 4 fully saturated rings.